The van der Waals surface area contributed by atoms with E-state index in [2.05, 4.69) is 41.5 Å². The Kier molecular flexibility index (Phi) is 6.52. The Morgan fingerprint density at radius 1 is 1.26 bits per heavy atom. The van der Waals surface area contributed by atoms with E-state index in [9.17, 15) is 0 Å². The summed E-state index contributed by atoms with van der Waals surface area (Å²) in [6, 6.07) is 1.79. The molecule has 1 aromatic heterocycles. The van der Waals surface area contributed by atoms with Gasteiger partial charge in [0.1, 0.15) is 18.2 Å². The van der Waals surface area contributed by atoms with Crippen molar-refractivity contribution in [3.63, 3.8) is 0 Å². The van der Waals surface area contributed by atoms with Crippen molar-refractivity contribution in [2.45, 2.75) is 34.3 Å². The second-order valence-electron chi connectivity index (χ2n) is 4.94. The van der Waals surface area contributed by atoms with Gasteiger partial charge in [0.25, 0.3) is 0 Å². The Bertz CT molecular complexity index is 383. The van der Waals surface area contributed by atoms with Crippen LogP contribution in [-0.2, 0) is 11.3 Å². The minimum atomic E-state index is 0.389. The number of anilines is 2. The summed E-state index contributed by atoms with van der Waals surface area (Å²) >= 11 is 0. The van der Waals surface area contributed by atoms with Crippen molar-refractivity contribution in [2.24, 2.45) is 17.7 Å². The summed E-state index contributed by atoms with van der Waals surface area (Å²) in [7, 11) is 0. The van der Waals surface area contributed by atoms with Crippen molar-refractivity contribution in [2.75, 3.05) is 23.9 Å². The van der Waals surface area contributed by atoms with Crippen LogP contribution in [0.2, 0.25) is 0 Å². The lowest BCUT2D eigenvalue weighted by Crippen LogP contribution is -2.18. The van der Waals surface area contributed by atoms with Gasteiger partial charge < -0.3 is 15.5 Å². The lowest BCUT2D eigenvalue weighted by molar-refractivity contribution is 0.128. The smallest absolute Gasteiger partial charge is 0.158 e. The first-order valence-electron chi connectivity index (χ1n) is 6.73. The first-order chi connectivity index (χ1) is 9.06. The Hall–Kier alpha value is -1.40. The zero-order valence-electron chi connectivity index (χ0n) is 12.2. The molecule has 0 aliphatic heterocycles. The van der Waals surface area contributed by atoms with E-state index in [1.165, 1.54) is 0 Å². The highest BCUT2D eigenvalue weighted by Gasteiger charge is 2.09. The van der Waals surface area contributed by atoms with Crippen molar-refractivity contribution >= 4 is 11.6 Å². The van der Waals surface area contributed by atoms with Crippen molar-refractivity contribution in [3.05, 3.63) is 11.9 Å². The van der Waals surface area contributed by atoms with Crippen LogP contribution in [0.4, 0.5) is 11.6 Å². The number of hydrogen-bond acceptors (Lipinski definition) is 6. The van der Waals surface area contributed by atoms with Crippen molar-refractivity contribution < 1.29 is 4.74 Å². The molecule has 1 aromatic rings. The molecule has 0 spiro atoms. The van der Waals surface area contributed by atoms with Crippen molar-refractivity contribution in [3.8, 4) is 0 Å². The van der Waals surface area contributed by atoms with Gasteiger partial charge in [-0.2, -0.15) is 0 Å². The summed E-state index contributed by atoms with van der Waals surface area (Å²) in [5.41, 5.74) is 2.55. The van der Waals surface area contributed by atoms with Crippen LogP contribution in [-0.4, -0.2) is 23.1 Å². The van der Waals surface area contributed by atoms with Crippen LogP contribution in [0.15, 0.2) is 6.07 Å². The highest BCUT2D eigenvalue weighted by atomic mass is 16.5. The zero-order valence-corrected chi connectivity index (χ0v) is 12.2. The lowest BCUT2D eigenvalue weighted by Gasteiger charge is -2.17. The van der Waals surface area contributed by atoms with Crippen molar-refractivity contribution in [1.82, 2.24) is 9.97 Å². The van der Waals surface area contributed by atoms with Gasteiger partial charge in [-0.25, -0.2) is 15.8 Å². The van der Waals surface area contributed by atoms with Gasteiger partial charge in [-0.15, -0.1) is 0 Å². The van der Waals surface area contributed by atoms with Gasteiger partial charge in [0.05, 0.1) is 0 Å². The quantitative estimate of drug-likeness (QED) is 0.493. The largest absolute Gasteiger partial charge is 0.374 e. The Morgan fingerprint density at radius 3 is 2.53 bits per heavy atom. The maximum Gasteiger partial charge on any atom is 0.158 e. The van der Waals surface area contributed by atoms with Crippen LogP contribution in [0.1, 0.15) is 33.5 Å². The number of nitrogens with one attached hydrogen (secondary N) is 2. The van der Waals surface area contributed by atoms with Gasteiger partial charge in [-0.05, 0) is 18.8 Å². The summed E-state index contributed by atoms with van der Waals surface area (Å²) in [5.74, 6) is 8.59. The van der Waals surface area contributed by atoms with E-state index in [1.807, 2.05) is 6.92 Å². The normalized spacial score (nSPS) is 12.5. The molecule has 6 heteroatoms. The van der Waals surface area contributed by atoms with E-state index in [4.69, 9.17) is 10.6 Å². The maximum atomic E-state index is 5.41. The zero-order chi connectivity index (χ0) is 14.3. The minimum Gasteiger partial charge on any atom is -0.374 e. The van der Waals surface area contributed by atoms with E-state index < -0.39 is 0 Å². The van der Waals surface area contributed by atoms with E-state index >= 15 is 0 Å². The Morgan fingerprint density at radius 2 is 1.95 bits per heavy atom. The molecule has 4 N–H and O–H groups in total. The average molecular weight is 267 g/mol. The number of hydrogen-bond donors (Lipinski definition) is 3. The van der Waals surface area contributed by atoms with Crippen LogP contribution in [0, 0.1) is 11.8 Å². The molecule has 0 aromatic carbocycles. The molecule has 0 aliphatic carbocycles. The third-order valence-electron chi connectivity index (χ3n) is 3.10. The number of rotatable bonds is 8. The highest BCUT2D eigenvalue weighted by Crippen LogP contribution is 2.14. The number of nitrogen functional groups attached to an aromatic ring is 1. The maximum absolute atomic E-state index is 5.41. The standard InChI is InChI=1S/C13H25N5O/c1-5-19-8-13-16-11(6-12(17-13)18-14)15-7-10(4)9(2)3/h6,9-10H,5,7-8,14H2,1-4H3,(H2,15,16,17,18). The second kappa shape index (κ2) is 7.91. The van der Waals surface area contributed by atoms with Gasteiger partial charge in [-0.3, -0.25) is 0 Å². The van der Waals surface area contributed by atoms with Crippen LogP contribution < -0.4 is 16.6 Å². The summed E-state index contributed by atoms with van der Waals surface area (Å²) in [6.07, 6.45) is 0. The number of nitrogens with two attached hydrogens (primary N) is 1. The van der Waals surface area contributed by atoms with Gasteiger partial charge in [0.15, 0.2) is 5.82 Å². The van der Waals surface area contributed by atoms with Gasteiger partial charge in [0, 0.05) is 19.2 Å². The van der Waals surface area contributed by atoms with E-state index in [-0.39, 0.29) is 0 Å². The molecule has 19 heavy (non-hydrogen) atoms. The molecule has 1 atom stereocenters. The molecule has 1 rings (SSSR count). The van der Waals surface area contributed by atoms with Crippen LogP contribution in [0.3, 0.4) is 0 Å². The summed E-state index contributed by atoms with van der Waals surface area (Å²) in [4.78, 5) is 8.65. The van der Waals surface area contributed by atoms with Crippen LogP contribution >= 0.6 is 0 Å². The number of nitrogens with zero attached hydrogens (tertiary/aromatic N) is 2. The fourth-order valence-corrected chi connectivity index (χ4v) is 1.42. The fourth-order valence-electron chi connectivity index (χ4n) is 1.42. The van der Waals surface area contributed by atoms with E-state index in [1.54, 1.807) is 6.07 Å². The molecule has 0 bridgehead atoms. The Labute approximate surface area is 115 Å². The first kappa shape index (κ1) is 15.7. The number of ether oxygens (including phenoxy) is 1. The van der Waals surface area contributed by atoms with E-state index in [0.29, 0.717) is 36.7 Å². The lowest BCUT2D eigenvalue weighted by atomic mass is 9.98. The SMILES string of the molecule is CCOCc1nc(NN)cc(NCC(C)C(C)C)n1. The summed E-state index contributed by atoms with van der Waals surface area (Å²) in [5, 5.41) is 3.32. The van der Waals surface area contributed by atoms with Gasteiger partial charge in [-0.1, -0.05) is 20.8 Å². The van der Waals surface area contributed by atoms with E-state index in [0.717, 1.165) is 12.4 Å². The topological polar surface area (TPSA) is 85.1 Å². The second-order valence-corrected chi connectivity index (χ2v) is 4.94. The third-order valence-corrected chi connectivity index (χ3v) is 3.10. The molecule has 0 saturated heterocycles. The molecule has 1 unspecified atom stereocenters. The molecule has 0 aliphatic rings. The fraction of sp³-hybridized carbons (Fsp3) is 0.692. The molecule has 0 amide bonds. The van der Waals surface area contributed by atoms with Gasteiger partial charge >= 0.3 is 0 Å². The minimum absolute atomic E-state index is 0.389. The third kappa shape index (κ3) is 5.40. The van der Waals surface area contributed by atoms with Crippen LogP contribution in [0.5, 0.6) is 0 Å². The van der Waals surface area contributed by atoms with Crippen molar-refractivity contribution in [1.29, 1.82) is 0 Å². The molecule has 1 heterocycles. The predicted molar refractivity (Wildman–Crippen MR) is 77.7 cm³/mol. The average Bonchev–Trinajstić information content (AvgIpc) is 2.42. The Balaban J connectivity index is 2.70. The number of aromatic nitrogens is 2. The molecule has 6 nitrogen and oxygen atoms in total. The molecule has 108 valence electrons. The molecular weight excluding hydrogens is 242 g/mol. The molecule has 0 radical (unpaired) electrons. The monoisotopic (exact) mass is 267 g/mol. The molecule has 0 fully saturated rings. The summed E-state index contributed by atoms with van der Waals surface area (Å²) in [6.45, 7) is 10.5. The first-order valence-corrected chi connectivity index (χ1v) is 6.73. The molecular formula is C13H25N5O. The van der Waals surface area contributed by atoms with Gasteiger partial charge in [0.2, 0.25) is 0 Å². The summed E-state index contributed by atoms with van der Waals surface area (Å²) < 4.78 is 5.32. The van der Waals surface area contributed by atoms with Crippen LogP contribution in [0.25, 0.3) is 0 Å². The predicted octanol–water partition coefficient (Wildman–Crippen LogP) is 2.00. The highest BCUT2D eigenvalue weighted by molar-refractivity contribution is 5.46. The number of hydrazine groups is 1. The molecule has 0 saturated carbocycles.